The van der Waals surface area contributed by atoms with Crippen LogP contribution < -0.4 is 4.74 Å². The number of fused-ring (bicyclic) bond motifs is 1. The van der Waals surface area contributed by atoms with Crippen LogP contribution >= 0.6 is 11.8 Å². The molecular formula is C15H13N3O4S. The van der Waals surface area contributed by atoms with E-state index in [0.29, 0.717) is 5.52 Å². The number of benzene rings is 2. The molecule has 3 rings (SSSR count). The van der Waals surface area contributed by atoms with Crippen molar-refractivity contribution in [1.82, 2.24) is 10.3 Å². The molecule has 0 bridgehead atoms. The van der Waals surface area contributed by atoms with Crippen LogP contribution in [0.25, 0.3) is 11.0 Å². The number of methoxy groups -OCH3 is 1. The Morgan fingerprint density at radius 2 is 1.91 bits per heavy atom. The lowest BCUT2D eigenvalue weighted by Crippen LogP contribution is -1.92. The highest BCUT2D eigenvalue weighted by molar-refractivity contribution is 7.99. The van der Waals surface area contributed by atoms with E-state index >= 15 is 0 Å². The van der Waals surface area contributed by atoms with E-state index < -0.39 is 4.92 Å². The van der Waals surface area contributed by atoms with E-state index in [0.717, 1.165) is 22.8 Å². The van der Waals surface area contributed by atoms with Crippen LogP contribution in [0.5, 0.6) is 5.75 Å². The second-order valence-corrected chi connectivity index (χ2v) is 5.88. The number of non-ortho nitro benzene ring substituents is 1. The molecule has 0 radical (unpaired) electrons. The minimum atomic E-state index is -0.488. The second kappa shape index (κ2) is 6.66. The molecule has 0 aliphatic carbocycles. The number of rotatable bonds is 6. The number of aryl methyl sites for hydroxylation is 1. The molecule has 0 spiro atoms. The molecule has 0 aliphatic heterocycles. The third-order valence-electron chi connectivity index (χ3n) is 3.36. The van der Waals surface area contributed by atoms with Crippen LogP contribution in [0.3, 0.4) is 0 Å². The summed E-state index contributed by atoms with van der Waals surface area (Å²) in [4.78, 5) is 11.3. The zero-order valence-corrected chi connectivity index (χ0v) is 13.1. The van der Waals surface area contributed by atoms with Crippen molar-refractivity contribution in [3.8, 4) is 5.75 Å². The summed E-state index contributed by atoms with van der Waals surface area (Å²) in [5, 5.41) is 18.4. The van der Waals surface area contributed by atoms with Crippen molar-refractivity contribution in [2.75, 3.05) is 12.9 Å². The molecular weight excluding hydrogens is 318 g/mol. The first-order chi connectivity index (χ1) is 11.2. The van der Waals surface area contributed by atoms with Gasteiger partial charge in [0.25, 0.3) is 0 Å². The highest BCUT2D eigenvalue weighted by Crippen LogP contribution is 2.31. The largest absolute Gasteiger partial charge is 0.497 e. The van der Waals surface area contributed by atoms with Crippen molar-refractivity contribution < 1.29 is 14.3 Å². The molecule has 0 unspecified atom stereocenters. The average Bonchev–Trinajstić information content (AvgIpc) is 3.05. The fourth-order valence-corrected chi connectivity index (χ4v) is 3.16. The lowest BCUT2D eigenvalue weighted by atomic mass is 10.2. The van der Waals surface area contributed by atoms with Gasteiger partial charge in [-0.1, -0.05) is 12.1 Å². The van der Waals surface area contributed by atoms with Gasteiger partial charge in [0.1, 0.15) is 5.75 Å². The lowest BCUT2D eigenvalue weighted by Gasteiger charge is -2.04. The van der Waals surface area contributed by atoms with E-state index in [2.05, 4.69) is 14.9 Å². The Kier molecular flexibility index (Phi) is 4.42. The molecule has 2 aromatic carbocycles. The van der Waals surface area contributed by atoms with Crippen LogP contribution in [0.2, 0.25) is 0 Å². The van der Waals surface area contributed by atoms with E-state index in [1.54, 1.807) is 24.9 Å². The summed E-state index contributed by atoms with van der Waals surface area (Å²) < 4.78 is 9.78. The van der Waals surface area contributed by atoms with Gasteiger partial charge in [-0.25, -0.2) is 4.63 Å². The number of nitro groups is 1. The van der Waals surface area contributed by atoms with Crippen LogP contribution in [-0.2, 0) is 6.42 Å². The predicted octanol–water partition coefficient (Wildman–Crippen LogP) is 3.47. The number of thioether (sulfide) groups is 1. The summed E-state index contributed by atoms with van der Waals surface area (Å²) in [6, 6.07) is 11.0. The van der Waals surface area contributed by atoms with Crippen LogP contribution in [-0.4, -0.2) is 28.1 Å². The third kappa shape index (κ3) is 3.26. The summed E-state index contributed by atoms with van der Waals surface area (Å²) in [6.07, 6.45) is 0.860. The van der Waals surface area contributed by atoms with E-state index in [-0.39, 0.29) is 11.2 Å². The molecule has 0 amide bonds. The van der Waals surface area contributed by atoms with Gasteiger partial charge in [-0.2, -0.15) is 0 Å². The van der Waals surface area contributed by atoms with Gasteiger partial charge in [0.2, 0.25) is 5.52 Å². The summed E-state index contributed by atoms with van der Waals surface area (Å²) in [5.74, 6) is 1.64. The van der Waals surface area contributed by atoms with Gasteiger partial charge >= 0.3 is 5.69 Å². The van der Waals surface area contributed by atoms with Gasteiger partial charge in [0, 0.05) is 16.7 Å². The van der Waals surface area contributed by atoms with Gasteiger partial charge in [-0.3, -0.25) is 10.1 Å². The summed E-state index contributed by atoms with van der Waals surface area (Å²) in [7, 11) is 1.64. The first-order valence-electron chi connectivity index (χ1n) is 6.84. The van der Waals surface area contributed by atoms with Crippen LogP contribution in [0.1, 0.15) is 5.56 Å². The van der Waals surface area contributed by atoms with Crippen LogP contribution in [0.15, 0.2) is 45.9 Å². The lowest BCUT2D eigenvalue weighted by molar-refractivity contribution is -0.383. The smallest absolute Gasteiger partial charge is 0.300 e. The maximum absolute atomic E-state index is 11.0. The van der Waals surface area contributed by atoms with E-state index in [1.807, 2.05) is 24.3 Å². The molecule has 7 nitrogen and oxygen atoms in total. The monoisotopic (exact) mass is 331 g/mol. The Morgan fingerprint density at radius 1 is 1.17 bits per heavy atom. The maximum atomic E-state index is 11.0. The van der Waals surface area contributed by atoms with Gasteiger partial charge in [-0.15, -0.1) is 11.8 Å². The molecule has 1 heterocycles. The van der Waals surface area contributed by atoms with Crippen molar-refractivity contribution >= 4 is 28.5 Å². The van der Waals surface area contributed by atoms with Crippen molar-refractivity contribution in [1.29, 1.82) is 0 Å². The Morgan fingerprint density at radius 3 is 2.61 bits per heavy atom. The molecule has 0 atom stereocenters. The zero-order valence-electron chi connectivity index (χ0n) is 12.3. The standard InChI is InChI=1S/C15H13N3O4S/c1-21-11-4-2-10(3-5-11)8-9-23-13-7-6-12(18(19)20)14-15(13)17-22-16-14/h2-7H,8-9H2,1H3. The molecule has 8 heteroatoms. The van der Waals surface area contributed by atoms with Gasteiger partial charge in [-0.05, 0) is 40.5 Å². The van der Waals surface area contributed by atoms with E-state index in [1.165, 1.54) is 11.6 Å². The summed E-state index contributed by atoms with van der Waals surface area (Å²) >= 11 is 1.56. The van der Waals surface area contributed by atoms with Crippen LogP contribution in [0.4, 0.5) is 5.69 Å². The molecule has 0 saturated carbocycles. The Hall–Kier alpha value is -2.61. The molecule has 0 saturated heterocycles. The summed E-state index contributed by atoms with van der Waals surface area (Å²) in [6.45, 7) is 0. The van der Waals surface area contributed by atoms with Crippen molar-refractivity contribution in [2.24, 2.45) is 0 Å². The van der Waals surface area contributed by atoms with Crippen molar-refractivity contribution in [3.05, 3.63) is 52.1 Å². The maximum Gasteiger partial charge on any atom is 0.300 e. The van der Waals surface area contributed by atoms with Gasteiger partial charge in [0.15, 0.2) is 5.52 Å². The molecule has 23 heavy (non-hydrogen) atoms. The fraction of sp³-hybridized carbons (Fsp3) is 0.200. The zero-order chi connectivity index (χ0) is 16.2. The van der Waals surface area contributed by atoms with Gasteiger partial charge in [0.05, 0.1) is 12.0 Å². The molecule has 0 N–H and O–H groups in total. The highest BCUT2D eigenvalue weighted by atomic mass is 32.2. The summed E-state index contributed by atoms with van der Waals surface area (Å²) in [5.41, 5.74) is 1.71. The minimum absolute atomic E-state index is 0.0965. The normalized spacial score (nSPS) is 10.8. The van der Waals surface area contributed by atoms with E-state index in [4.69, 9.17) is 4.74 Å². The highest BCUT2D eigenvalue weighted by Gasteiger charge is 2.19. The molecule has 3 aromatic rings. The second-order valence-electron chi connectivity index (χ2n) is 4.75. The predicted molar refractivity (Wildman–Crippen MR) is 85.9 cm³/mol. The Labute approximate surface area is 135 Å². The Balaban J connectivity index is 1.71. The SMILES string of the molecule is COc1ccc(CCSc2ccc([N+](=O)[O-])c3nonc23)cc1. The van der Waals surface area contributed by atoms with Gasteiger partial charge < -0.3 is 4.74 Å². The fourth-order valence-electron chi connectivity index (χ4n) is 2.17. The average molecular weight is 331 g/mol. The molecule has 1 aromatic heterocycles. The van der Waals surface area contributed by atoms with Crippen molar-refractivity contribution in [3.63, 3.8) is 0 Å². The Bertz CT molecular complexity index is 832. The quantitative estimate of drug-likeness (QED) is 0.388. The molecule has 0 fully saturated rings. The van der Waals surface area contributed by atoms with Crippen molar-refractivity contribution in [2.45, 2.75) is 11.3 Å². The van der Waals surface area contributed by atoms with Crippen LogP contribution in [0, 0.1) is 10.1 Å². The topological polar surface area (TPSA) is 91.3 Å². The number of aromatic nitrogens is 2. The molecule has 0 aliphatic rings. The molecule has 118 valence electrons. The number of hydrogen-bond acceptors (Lipinski definition) is 7. The minimum Gasteiger partial charge on any atom is -0.497 e. The number of nitrogens with zero attached hydrogens (tertiary/aromatic N) is 3. The third-order valence-corrected chi connectivity index (χ3v) is 4.41. The number of nitro benzene ring substituents is 1. The van der Waals surface area contributed by atoms with E-state index in [9.17, 15) is 10.1 Å². The number of hydrogen-bond donors (Lipinski definition) is 0. The number of ether oxygens (including phenoxy) is 1. The first kappa shape index (κ1) is 15.3. The first-order valence-corrected chi connectivity index (χ1v) is 7.83.